The largest absolute Gasteiger partial charge is 0.392 e. The summed E-state index contributed by atoms with van der Waals surface area (Å²) in [7, 11) is 2.20. The first-order valence-electron chi connectivity index (χ1n) is 9.74. The first kappa shape index (κ1) is 17.7. The number of H-pyrrole nitrogens is 1. The quantitative estimate of drug-likeness (QED) is 0.496. The van der Waals surface area contributed by atoms with Crippen molar-refractivity contribution in [1.29, 1.82) is 0 Å². The van der Waals surface area contributed by atoms with Crippen LogP contribution in [-0.4, -0.2) is 28.6 Å². The Kier molecular flexibility index (Phi) is 4.35. The van der Waals surface area contributed by atoms with E-state index in [1.165, 1.54) is 49.3 Å². The van der Waals surface area contributed by atoms with Crippen LogP contribution in [0.4, 0.5) is 0 Å². The van der Waals surface area contributed by atoms with Gasteiger partial charge in [-0.2, -0.15) is 0 Å². The van der Waals surface area contributed by atoms with Gasteiger partial charge in [-0.1, -0.05) is 24.3 Å². The highest BCUT2D eigenvalue weighted by Gasteiger charge is 2.21. The summed E-state index contributed by atoms with van der Waals surface area (Å²) in [6.45, 7) is 4.39. The maximum Gasteiger partial charge on any atom is 0.0681 e. The van der Waals surface area contributed by atoms with E-state index in [9.17, 15) is 5.11 Å². The second-order valence-corrected chi connectivity index (χ2v) is 8.74. The van der Waals surface area contributed by atoms with Gasteiger partial charge in [-0.25, -0.2) is 0 Å². The lowest BCUT2D eigenvalue weighted by atomic mass is 9.96. The van der Waals surface area contributed by atoms with Crippen molar-refractivity contribution < 1.29 is 5.11 Å². The minimum absolute atomic E-state index is 0.0819. The van der Waals surface area contributed by atoms with Crippen LogP contribution in [0, 0.1) is 6.92 Å². The van der Waals surface area contributed by atoms with Crippen molar-refractivity contribution in [3.05, 3.63) is 70.2 Å². The molecule has 2 N–H and O–H groups in total. The molecule has 3 nitrogen and oxygen atoms in total. The molecule has 2 aromatic carbocycles. The number of aromatic amines is 1. The van der Waals surface area contributed by atoms with Crippen LogP contribution in [0.15, 0.2) is 47.8 Å². The van der Waals surface area contributed by atoms with Crippen molar-refractivity contribution in [2.75, 3.05) is 13.6 Å². The maximum atomic E-state index is 9.33. The van der Waals surface area contributed by atoms with E-state index in [1.54, 1.807) is 11.3 Å². The second-order valence-electron chi connectivity index (χ2n) is 7.82. The molecular formula is C24H24N2OS. The molecule has 0 unspecified atom stereocenters. The Labute approximate surface area is 169 Å². The molecule has 5 rings (SSSR count). The number of likely N-dealkylation sites (N-methyl/N-ethyl adjacent to an activating group) is 1. The average molecular weight is 389 g/mol. The molecule has 0 fully saturated rings. The number of hydrogen-bond donors (Lipinski definition) is 2. The highest BCUT2D eigenvalue weighted by Crippen LogP contribution is 2.41. The number of nitrogens with one attached hydrogen (secondary N) is 1. The molecule has 0 amide bonds. The van der Waals surface area contributed by atoms with E-state index in [4.69, 9.17) is 0 Å². The van der Waals surface area contributed by atoms with E-state index in [1.807, 2.05) is 12.1 Å². The van der Waals surface area contributed by atoms with Crippen molar-refractivity contribution in [2.45, 2.75) is 26.5 Å². The fourth-order valence-electron chi connectivity index (χ4n) is 4.31. The summed E-state index contributed by atoms with van der Waals surface area (Å²) in [5.74, 6) is 0. The summed E-state index contributed by atoms with van der Waals surface area (Å²) in [5, 5.41) is 12.9. The number of hydrogen-bond acceptors (Lipinski definition) is 3. The molecule has 1 aliphatic rings. The van der Waals surface area contributed by atoms with Crippen LogP contribution < -0.4 is 0 Å². The molecule has 0 saturated heterocycles. The van der Waals surface area contributed by atoms with Crippen LogP contribution in [0.1, 0.15) is 22.4 Å². The van der Waals surface area contributed by atoms with Crippen LogP contribution in [0.5, 0.6) is 0 Å². The third-order valence-electron chi connectivity index (χ3n) is 5.77. The number of benzene rings is 2. The number of nitrogens with zero attached hydrogens (tertiary/aromatic N) is 1. The second kappa shape index (κ2) is 6.89. The Morgan fingerprint density at radius 2 is 1.93 bits per heavy atom. The molecule has 1 aliphatic heterocycles. The smallest absolute Gasteiger partial charge is 0.0681 e. The first-order valence-corrected chi connectivity index (χ1v) is 10.6. The molecule has 0 bridgehead atoms. The molecule has 4 heteroatoms. The Hall–Kier alpha value is -2.40. The van der Waals surface area contributed by atoms with Gasteiger partial charge >= 0.3 is 0 Å². The first-order chi connectivity index (χ1) is 13.6. The summed E-state index contributed by atoms with van der Waals surface area (Å²) >= 11 is 1.78. The van der Waals surface area contributed by atoms with Crippen LogP contribution in [0.3, 0.4) is 0 Å². The van der Waals surface area contributed by atoms with Crippen molar-refractivity contribution in [1.82, 2.24) is 9.88 Å². The summed E-state index contributed by atoms with van der Waals surface area (Å²) in [6, 6.07) is 15.1. The van der Waals surface area contributed by atoms with E-state index in [-0.39, 0.29) is 6.61 Å². The van der Waals surface area contributed by atoms with Crippen molar-refractivity contribution >= 4 is 22.2 Å². The van der Waals surface area contributed by atoms with Crippen LogP contribution in [0.25, 0.3) is 32.5 Å². The Bertz CT molecular complexity index is 1150. The zero-order valence-electron chi connectivity index (χ0n) is 16.2. The lowest BCUT2D eigenvalue weighted by Gasteiger charge is -2.22. The molecule has 0 atom stereocenters. The lowest BCUT2D eigenvalue weighted by molar-refractivity contribution is 0.282. The molecular weight excluding hydrogens is 364 g/mol. The standard InChI is InChI=1S/C24H24N2OS/c1-15-11-19(23-20(12-15)21-13-26(2)9-7-22(21)25-23)18-8-10-28-24(18)17-5-3-16(14-27)4-6-17/h3-6,8,10-12,25,27H,7,9,13-14H2,1-2H3. The zero-order valence-corrected chi connectivity index (χ0v) is 17.1. The molecule has 0 saturated carbocycles. The van der Waals surface area contributed by atoms with Gasteiger partial charge in [0.1, 0.15) is 0 Å². The highest BCUT2D eigenvalue weighted by atomic mass is 32.1. The zero-order chi connectivity index (χ0) is 19.3. The van der Waals surface area contributed by atoms with Gasteiger partial charge in [0.25, 0.3) is 0 Å². The van der Waals surface area contributed by atoms with Gasteiger partial charge in [0.15, 0.2) is 0 Å². The maximum absolute atomic E-state index is 9.33. The Balaban J connectivity index is 1.69. The molecule has 28 heavy (non-hydrogen) atoms. The molecule has 4 aromatic rings. The minimum atomic E-state index is 0.0819. The van der Waals surface area contributed by atoms with E-state index < -0.39 is 0 Å². The topological polar surface area (TPSA) is 39.3 Å². The normalized spacial score (nSPS) is 14.5. The molecule has 3 heterocycles. The van der Waals surface area contributed by atoms with Gasteiger partial charge in [-0.15, -0.1) is 11.3 Å². The number of fused-ring (bicyclic) bond motifs is 3. The van der Waals surface area contributed by atoms with Gasteiger partial charge < -0.3 is 15.0 Å². The third-order valence-corrected chi connectivity index (χ3v) is 6.74. The van der Waals surface area contributed by atoms with Crippen molar-refractivity contribution in [2.24, 2.45) is 0 Å². The van der Waals surface area contributed by atoms with Gasteiger partial charge in [-0.05, 0) is 59.8 Å². The molecule has 142 valence electrons. The Morgan fingerprint density at radius 3 is 2.71 bits per heavy atom. The summed E-state index contributed by atoms with van der Waals surface area (Å²) in [4.78, 5) is 7.44. The van der Waals surface area contributed by atoms with Gasteiger partial charge in [0, 0.05) is 46.6 Å². The monoisotopic (exact) mass is 388 g/mol. The fourth-order valence-corrected chi connectivity index (χ4v) is 5.23. The third kappa shape index (κ3) is 2.89. The average Bonchev–Trinajstić information content (AvgIpc) is 3.32. The highest BCUT2D eigenvalue weighted by molar-refractivity contribution is 7.14. The van der Waals surface area contributed by atoms with Crippen LogP contribution in [-0.2, 0) is 19.6 Å². The number of aliphatic hydroxyl groups excluding tert-OH is 1. The lowest BCUT2D eigenvalue weighted by Crippen LogP contribution is -2.25. The van der Waals surface area contributed by atoms with E-state index in [2.05, 4.69) is 59.6 Å². The number of thiophene rings is 1. The van der Waals surface area contributed by atoms with E-state index in [0.717, 1.165) is 25.1 Å². The van der Waals surface area contributed by atoms with Crippen molar-refractivity contribution in [3.63, 3.8) is 0 Å². The molecule has 2 aromatic heterocycles. The van der Waals surface area contributed by atoms with Crippen LogP contribution >= 0.6 is 11.3 Å². The van der Waals surface area contributed by atoms with Gasteiger partial charge in [-0.3, -0.25) is 0 Å². The van der Waals surface area contributed by atoms with Gasteiger partial charge in [0.2, 0.25) is 0 Å². The number of aryl methyl sites for hydroxylation is 1. The van der Waals surface area contributed by atoms with E-state index >= 15 is 0 Å². The molecule has 0 radical (unpaired) electrons. The van der Waals surface area contributed by atoms with Crippen LogP contribution in [0.2, 0.25) is 0 Å². The SMILES string of the molecule is Cc1cc(-c2ccsc2-c2ccc(CO)cc2)c2[nH]c3c(c2c1)CN(C)CC3. The number of rotatable bonds is 3. The summed E-state index contributed by atoms with van der Waals surface area (Å²) in [6.07, 6.45) is 1.08. The fraction of sp³-hybridized carbons (Fsp3) is 0.250. The minimum Gasteiger partial charge on any atom is -0.392 e. The number of aliphatic hydroxyl groups is 1. The Morgan fingerprint density at radius 1 is 1.11 bits per heavy atom. The summed E-state index contributed by atoms with van der Waals surface area (Å²) in [5.41, 5.74) is 10.1. The van der Waals surface area contributed by atoms with Gasteiger partial charge in [0.05, 0.1) is 12.1 Å². The predicted octanol–water partition coefficient (Wildman–Crippen LogP) is 5.35. The van der Waals surface area contributed by atoms with E-state index in [0.29, 0.717) is 0 Å². The van der Waals surface area contributed by atoms with Crippen molar-refractivity contribution in [3.8, 4) is 21.6 Å². The molecule has 0 spiro atoms. The molecule has 0 aliphatic carbocycles. The number of aromatic nitrogens is 1. The summed E-state index contributed by atoms with van der Waals surface area (Å²) < 4.78 is 0. The predicted molar refractivity (Wildman–Crippen MR) is 118 cm³/mol.